The summed E-state index contributed by atoms with van der Waals surface area (Å²) in [4.78, 5) is 31.7. The number of halogens is 1. The van der Waals surface area contributed by atoms with Gasteiger partial charge in [0.15, 0.2) is 5.13 Å². The number of carbonyl (C=O) groups excluding carboxylic acids is 2. The molecule has 0 bridgehead atoms. The summed E-state index contributed by atoms with van der Waals surface area (Å²) in [6.07, 6.45) is 1.42. The molecule has 1 aliphatic rings. The average molecular weight is 427 g/mol. The van der Waals surface area contributed by atoms with Gasteiger partial charge in [0, 0.05) is 17.6 Å². The van der Waals surface area contributed by atoms with Gasteiger partial charge in [0.1, 0.15) is 11.7 Å². The minimum Gasteiger partial charge on any atom is -0.330 e. The number of likely N-dealkylation sites (tertiary alicyclic amines) is 1. The second-order valence-electron chi connectivity index (χ2n) is 6.65. The molecule has 2 N–H and O–H groups in total. The van der Waals surface area contributed by atoms with Crippen LogP contribution in [0, 0.1) is 0 Å². The first-order chi connectivity index (χ1) is 14.1. The van der Waals surface area contributed by atoms with E-state index in [1.807, 2.05) is 48.5 Å². The maximum Gasteiger partial charge on any atom is 0.274 e. The van der Waals surface area contributed by atoms with Gasteiger partial charge in [-0.15, -0.1) is 11.3 Å². The maximum atomic E-state index is 13.0. The number of benzene rings is 2. The van der Waals surface area contributed by atoms with Gasteiger partial charge < -0.3 is 15.5 Å². The number of para-hydroxylation sites is 2. The molecule has 2 heterocycles. The number of aromatic nitrogens is 1. The summed E-state index contributed by atoms with van der Waals surface area (Å²) in [5.74, 6) is -0.411. The van der Waals surface area contributed by atoms with Crippen LogP contribution in [0.5, 0.6) is 0 Å². The fraction of sp³-hybridized carbons (Fsp3) is 0.190. The van der Waals surface area contributed by atoms with E-state index in [-0.39, 0.29) is 11.8 Å². The normalized spacial score (nSPS) is 15.9. The van der Waals surface area contributed by atoms with Gasteiger partial charge >= 0.3 is 0 Å². The molecule has 1 atom stereocenters. The average Bonchev–Trinajstić information content (AvgIpc) is 3.40. The van der Waals surface area contributed by atoms with Crippen LogP contribution in [-0.4, -0.2) is 34.3 Å². The highest BCUT2D eigenvalue weighted by molar-refractivity contribution is 7.14. The molecule has 6 nitrogen and oxygen atoms in total. The van der Waals surface area contributed by atoms with Gasteiger partial charge in [0.25, 0.3) is 5.91 Å². The Kier molecular flexibility index (Phi) is 5.78. The molecule has 148 valence electrons. The van der Waals surface area contributed by atoms with Crippen LogP contribution >= 0.6 is 22.9 Å². The van der Waals surface area contributed by atoms with Crippen LogP contribution < -0.4 is 10.6 Å². The van der Waals surface area contributed by atoms with Crippen molar-refractivity contribution in [2.75, 3.05) is 17.2 Å². The van der Waals surface area contributed by atoms with E-state index in [1.54, 1.807) is 16.3 Å². The van der Waals surface area contributed by atoms with E-state index in [0.717, 1.165) is 17.8 Å². The molecule has 2 aromatic carbocycles. The second-order valence-corrected chi connectivity index (χ2v) is 7.92. The Labute approximate surface area is 177 Å². The van der Waals surface area contributed by atoms with E-state index in [9.17, 15) is 9.59 Å². The van der Waals surface area contributed by atoms with Crippen LogP contribution in [0.15, 0.2) is 60.0 Å². The molecule has 3 aromatic rings. The minimum absolute atomic E-state index is 0.174. The Morgan fingerprint density at radius 3 is 2.66 bits per heavy atom. The summed E-state index contributed by atoms with van der Waals surface area (Å²) in [5.41, 5.74) is 1.77. The van der Waals surface area contributed by atoms with Crippen molar-refractivity contribution >= 4 is 51.3 Å². The fourth-order valence-corrected chi connectivity index (χ4v) is 4.16. The molecule has 1 saturated heterocycles. The topological polar surface area (TPSA) is 74.3 Å². The number of nitrogens with zero attached hydrogens (tertiary/aromatic N) is 2. The molecular formula is C21H19ClN4O2S. The Morgan fingerprint density at radius 2 is 1.86 bits per heavy atom. The molecule has 29 heavy (non-hydrogen) atoms. The summed E-state index contributed by atoms with van der Waals surface area (Å²) >= 11 is 7.49. The molecule has 8 heteroatoms. The van der Waals surface area contributed by atoms with Crippen molar-refractivity contribution in [2.45, 2.75) is 18.9 Å². The van der Waals surface area contributed by atoms with E-state index in [4.69, 9.17) is 11.6 Å². The third-order valence-corrected chi connectivity index (χ3v) is 5.78. The minimum atomic E-state index is -0.496. The maximum absolute atomic E-state index is 13.0. The van der Waals surface area contributed by atoms with E-state index in [0.29, 0.717) is 28.8 Å². The highest BCUT2D eigenvalue weighted by Crippen LogP contribution is 2.28. The van der Waals surface area contributed by atoms with Gasteiger partial charge in [0.2, 0.25) is 5.91 Å². The lowest BCUT2D eigenvalue weighted by atomic mass is 10.2. The first-order valence-corrected chi connectivity index (χ1v) is 10.5. The summed E-state index contributed by atoms with van der Waals surface area (Å²) in [7, 11) is 0. The number of hydrogen-bond acceptors (Lipinski definition) is 5. The Morgan fingerprint density at radius 1 is 1.10 bits per heavy atom. The summed E-state index contributed by atoms with van der Waals surface area (Å²) in [5, 5.41) is 8.87. The molecule has 1 aliphatic heterocycles. The number of carbonyl (C=O) groups is 2. The second kappa shape index (κ2) is 8.63. The number of anilines is 3. The van der Waals surface area contributed by atoms with Crippen molar-refractivity contribution in [1.82, 2.24) is 9.88 Å². The van der Waals surface area contributed by atoms with Crippen LogP contribution in [0.3, 0.4) is 0 Å². The highest BCUT2D eigenvalue weighted by Gasteiger charge is 2.35. The summed E-state index contributed by atoms with van der Waals surface area (Å²) in [6, 6.07) is 16.1. The smallest absolute Gasteiger partial charge is 0.274 e. The lowest BCUT2D eigenvalue weighted by Gasteiger charge is -2.23. The van der Waals surface area contributed by atoms with Crippen LogP contribution in [0.2, 0.25) is 5.02 Å². The van der Waals surface area contributed by atoms with Crippen molar-refractivity contribution in [3.8, 4) is 0 Å². The zero-order valence-electron chi connectivity index (χ0n) is 15.5. The van der Waals surface area contributed by atoms with E-state index in [1.165, 1.54) is 11.3 Å². The first-order valence-electron chi connectivity index (χ1n) is 9.26. The lowest BCUT2D eigenvalue weighted by molar-refractivity contribution is -0.119. The number of thiazole rings is 1. The molecule has 0 aliphatic carbocycles. The highest BCUT2D eigenvalue weighted by atomic mass is 35.5. The summed E-state index contributed by atoms with van der Waals surface area (Å²) < 4.78 is 0. The summed E-state index contributed by atoms with van der Waals surface area (Å²) in [6.45, 7) is 0.538. The molecule has 0 radical (unpaired) electrons. The molecule has 4 rings (SSSR count). The number of hydrogen-bond donors (Lipinski definition) is 2. The molecule has 2 amide bonds. The predicted molar refractivity (Wildman–Crippen MR) is 116 cm³/mol. The molecule has 1 unspecified atom stereocenters. The van der Waals surface area contributed by atoms with Gasteiger partial charge in [-0.1, -0.05) is 41.9 Å². The zero-order valence-corrected chi connectivity index (χ0v) is 17.0. The van der Waals surface area contributed by atoms with Gasteiger partial charge in [-0.2, -0.15) is 0 Å². The fourth-order valence-electron chi connectivity index (χ4n) is 3.28. The molecule has 0 spiro atoms. The van der Waals surface area contributed by atoms with E-state index < -0.39 is 6.04 Å². The third kappa shape index (κ3) is 4.41. The largest absolute Gasteiger partial charge is 0.330 e. The number of amides is 2. The van der Waals surface area contributed by atoms with Crippen LogP contribution in [-0.2, 0) is 4.79 Å². The number of nitrogens with one attached hydrogen (secondary N) is 2. The molecular weight excluding hydrogens is 408 g/mol. The third-order valence-electron chi connectivity index (χ3n) is 4.70. The number of rotatable bonds is 5. The van der Waals surface area contributed by atoms with Crippen LogP contribution in [0.4, 0.5) is 16.5 Å². The quantitative estimate of drug-likeness (QED) is 0.615. The lowest BCUT2D eigenvalue weighted by Crippen LogP contribution is -2.43. The standard InChI is InChI=1S/C21H19ClN4O2S/c22-15-9-4-5-10-16(15)24-21-25-17(13-29-21)20(28)26-12-6-11-18(26)19(27)23-14-7-2-1-3-8-14/h1-5,7-10,13,18H,6,11-12H2,(H,23,27)(H,24,25). The van der Waals surface area contributed by atoms with Gasteiger partial charge in [-0.3, -0.25) is 9.59 Å². The van der Waals surface area contributed by atoms with Crippen molar-refractivity contribution in [2.24, 2.45) is 0 Å². The monoisotopic (exact) mass is 426 g/mol. The van der Waals surface area contributed by atoms with Crippen molar-refractivity contribution in [1.29, 1.82) is 0 Å². The van der Waals surface area contributed by atoms with Crippen molar-refractivity contribution in [3.63, 3.8) is 0 Å². The zero-order chi connectivity index (χ0) is 20.2. The van der Waals surface area contributed by atoms with Crippen molar-refractivity contribution in [3.05, 3.63) is 70.7 Å². The Hall–Kier alpha value is -2.90. The van der Waals surface area contributed by atoms with Crippen molar-refractivity contribution < 1.29 is 9.59 Å². The molecule has 1 aromatic heterocycles. The Bertz CT molecular complexity index is 1020. The van der Waals surface area contributed by atoms with Crippen LogP contribution in [0.1, 0.15) is 23.3 Å². The Balaban J connectivity index is 1.45. The first kappa shape index (κ1) is 19.4. The molecule has 0 saturated carbocycles. The van der Waals surface area contributed by atoms with E-state index >= 15 is 0 Å². The SMILES string of the molecule is O=C(Nc1ccccc1)C1CCCN1C(=O)c1csc(Nc2ccccc2Cl)n1. The van der Waals surface area contributed by atoms with E-state index in [2.05, 4.69) is 15.6 Å². The van der Waals surface area contributed by atoms with Gasteiger partial charge in [-0.05, 0) is 37.1 Å². The molecule has 1 fully saturated rings. The van der Waals surface area contributed by atoms with Crippen LogP contribution in [0.25, 0.3) is 0 Å². The van der Waals surface area contributed by atoms with Gasteiger partial charge in [0.05, 0.1) is 10.7 Å². The van der Waals surface area contributed by atoms with Gasteiger partial charge in [-0.25, -0.2) is 4.98 Å². The predicted octanol–water partition coefficient (Wildman–Crippen LogP) is 4.78.